The number of ether oxygens (including phenoxy) is 3. The molecule has 0 fully saturated rings. The van der Waals surface area contributed by atoms with E-state index in [1.807, 2.05) is 13.8 Å². The highest BCUT2D eigenvalue weighted by Crippen LogP contribution is 2.34. The molecule has 0 unspecified atom stereocenters. The van der Waals surface area contributed by atoms with E-state index in [1.54, 1.807) is 20.8 Å². The maximum atomic E-state index is 12.4. The van der Waals surface area contributed by atoms with Crippen LogP contribution >= 0.6 is 0 Å². The van der Waals surface area contributed by atoms with Crippen molar-refractivity contribution < 1.29 is 28.6 Å². The zero-order chi connectivity index (χ0) is 17.2. The predicted octanol–water partition coefficient (Wildman–Crippen LogP) is 2.49. The van der Waals surface area contributed by atoms with Gasteiger partial charge in [0.1, 0.15) is 0 Å². The van der Waals surface area contributed by atoms with Crippen LogP contribution in [0.15, 0.2) is 0 Å². The first-order valence-electron chi connectivity index (χ1n) is 7.84. The van der Waals surface area contributed by atoms with E-state index in [0.717, 1.165) is 0 Å². The Kier molecular flexibility index (Phi) is 9.45. The van der Waals surface area contributed by atoms with Gasteiger partial charge in [0.25, 0.3) is 0 Å². The second-order valence-electron chi connectivity index (χ2n) is 5.44. The van der Waals surface area contributed by atoms with E-state index in [2.05, 4.69) is 0 Å². The fraction of sp³-hybridized carbons (Fsp3) is 0.812. The van der Waals surface area contributed by atoms with Crippen molar-refractivity contribution in [2.24, 2.45) is 11.3 Å². The zero-order valence-electron chi connectivity index (χ0n) is 14.3. The largest absolute Gasteiger partial charge is 0.466 e. The van der Waals surface area contributed by atoms with Gasteiger partial charge in [-0.25, -0.2) is 0 Å². The third-order valence-electron chi connectivity index (χ3n) is 3.23. The van der Waals surface area contributed by atoms with Gasteiger partial charge in [-0.1, -0.05) is 13.8 Å². The summed E-state index contributed by atoms with van der Waals surface area (Å²) in [5.74, 6) is -1.78. The Morgan fingerprint density at radius 1 is 0.864 bits per heavy atom. The monoisotopic (exact) mass is 316 g/mol. The Hall–Kier alpha value is -1.59. The van der Waals surface area contributed by atoms with E-state index < -0.39 is 23.3 Å². The van der Waals surface area contributed by atoms with E-state index in [9.17, 15) is 14.4 Å². The molecule has 0 amide bonds. The van der Waals surface area contributed by atoms with Crippen LogP contribution in [-0.2, 0) is 28.6 Å². The molecule has 0 aromatic heterocycles. The molecular formula is C16H28O6. The molecule has 22 heavy (non-hydrogen) atoms. The first-order valence-corrected chi connectivity index (χ1v) is 7.84. The molecule has 0 aromatic carbocycles. The number of rotatable bonds is 10. The average molecular weight is 316 g/mol. The molecule has 0 aliphatic heterocycles. The highest BCUT2D eigenvalue weighted by atomic mass is 16.6. The highest BCUT2D eigenvalue weighted by Gasteiger charge is 2.50. The fourth-order valence-electron chi connectivity index (χ4n) is 2.05. The van der Waals surface area contributed by atoms with Gasteiger partial charge >= 0.3 is 17.9 Å². The van der Waals surface area contributed by atoms with Crippen molar-refractivity contribution in [2.45, 2.75) is 53.9 Å². The number of hydrogen-bond donors (Lipinski definition) is 0. The smallest absolute Gasteiger partial charge is 0.324 e. The molecule has 6 nitrogen and oxygen atoms in total. The van der Waals surface area contributed by atoms with Gasteiger partial charge in [-0.2, -0.15) is 0 Å². The molecule has 6 heteroatoms. The van der Waals surface area contributed by atoms with Gasteiger partial charge in [0.2, 0.25) is 0 Å². The molecular weight excluding hydrogens is 288 g/mol. The van der Waals surface area contributed by atoms with Crippen molar-refractivity contribution in [1.29, 1.82) is 0 Å². The van der Waals surface area contributed by atoms with Crippen molar-refractivity contribution >= 4 is 17.9 Å². The molecule has 0 saturated carbocycles. The topological polar surface area (TPSA) is 78.9 Å². The van der Waals surface area contributed by atoms with Crippen LogP contribution in [0.4, 0.5) is 0 Å². The summed E-state index contributed by atoms with van der Waals surface area (Å²) in [6.07, 6.45) is 0.434. The molecule has 0 aliphatic rings. The van der Waals surface area contributed by atoms with Gasteiger partial charge in [0.05, 0.1) is 26.2 Å². The first kappa shape index (κ1) is 20.4. The Balaban J connectivity index is 5.51. The fourth-order valence-corrected chi connectivity index (χ4v) is 2.05. The molecule has 0 bridgehead atoms. The van der Waals surface area contributed by atoms with Gasteiger partial charge in [0.15, 0.2) is 5.41 Å². The molecule has 0 N–H and O–H groups in total. The van der Waals surface area contributed by atoms with E-state index in [4.69, 9.17) is 14.2 Å². The molecule has 0 aromatic rings. The van der Waals surface area contributed by atoms with Crippen molar-refractivity contribution in [3.05, 3.63) is 0 Å². The van der Waals surface area contributed by atoms with Crippen molar-refractivity contribution in [1.82, 2.24) is 0 Å². The van der Waals surface area contributed by atoms with Crippen LogP contribution < -0.4 is 0 Å². The molecule has 0 radical (unpaired) electrons. The van der Waals surface area contributed by atoms with Crippen molar-refractivity contribution in [3.8, 4) is 0 Å². The third kappa shape index (κ3) is 6.03. The van der Waals surface area contributed by atoms with Gasteiger partial charge in [-0.3, -0.25) is 14.4 Å². The average Bonchev–Trinajstić information content (AvgIpc) is 2.44. The van der Waals surface area contributed by atoms with E-state index in [-0.39, 0.29) is 38.6 Å². The van der Waals surface area contributed by atoms with Crippen molar-refractivity contribution in [3.63, 3.8) is 0 Å². The van der Waals surface area contributed by atoms with E-state index >= 15 is 0 Å². The van der Waals surface area contributed by atoms with Crippen LogP contribution in [0.2, 0.25) is 0 Å². The standard InChI is InChI=1S/C16H28O6/c1-6-20-13(17)11-16(10-9-12(4)5,14(18)21-7-2)15(19)22-8-3/h12H,6-11H2,1-5H3. The molecule has 0 rings (SSSR count). The predicted molar refractivity (Wildman–Crippen MR) is 81.0 cm³/mol. The molecule has 0 aliphatic carbocycles. The van der Waals surface area contributed by atoms with Gasteiger partial charge in [-0.05, 0) is 39.5 Å². The maximum absolute atomic E-state index is 12.4. The maximum Gasteiger partial charge on any atom is 0.324 e. The Morgan fingerprint density at radius 3 is 1.68 bits per heavy atom. The van der Waals surface area contributed by atoms with Crippen molar-refractivity contribution in [2.75, 3.05) is 19.8 Å². The number of carbonyl (C=O) groups is 3. The van der Waals surface area contributed by atoms with Crippen LogP contribution in [0.1, 0.15) is 53.9 Å². The van der Waals surface area contributed by atoms with Crippen LogP contribution in [0.25, 0.3) is 0 Å². The highest BCUT2D eigenvalue weighted by molar-refractivity contribution is 6.03. The lowest BCUT2D eigenvalue weighted by atomic mass is 9.78. The van der Waals surface area contributed by atoms with Gasteiger partial charge in [0, 0.05) is 0 Å². The SMILES string of the molecule is CCOC(=O)CC(CCC(C)C)(C(=O)OCC)C(=O)OCC. The Bertz CT molecular complexity index is 357. The summed E-state index contributed by atoms with van der Waals surface area (Å²) in [4.78, 5) is 36.7. The quantitative estimate of drug-likeness (QED) is 0.350. The molecule has 0 saturated heterocycles. The molecule has 0 atom stereocenters. The minimum atomic E-state index is -1.62. The summed E-state index contributed by atoms with van der Waals surface area (Å²) in [5, 5.41) is 0. The van der Waals surface area contributed by atoms with E-state index in [0.29, 0.717) is 6.42 Å². The summed E-state index contributed by atoms with van der Waals surface area (Å²) in [6.45, 7) is 9.38. The summed E-state index contributed by atoms with van der Waals surface area (Å²) in [7, 11) is 0. The summed E-state index contributed by atoms with van der Waals surface area (Å²) in [5.41, 5.74) is -1.62. The first-order chi connectivity index (χ1) is 10.3. The summed E-state index contributed by atoms with van der Waals surface area (Å²) < 4.78 is 15.0. The minimum absolute atomic E-state index is 0.129. The second-order valence-corrected chi connectivity index (χ2v) is 5.44. The van der Waals surface area contributed by atoms with Crippen LogP contribution in [-0.4, -0.2) is 37.7 Å². The lowest BCUT2D eigenvalue weighted by molar-refractivity contribution is -0.178. The summed E-state index contributed by atoms with van der Waals surface area (Å²) in [6, 6.07) is 0. The lowest BCUT2D eigenvalue weighted by Gasteiger charge is -2.28. The molecule has 0 heterocycles. The molecule has 128 valence electrons. The Morgan fingerprint density at radius 2 is 1.32 bits per heavy atom. The number of esters is 3. The molecule has 0 spiro atoms. The lowest BCUT2D eigenvalue weighted by Crippen LogP contribution is -2.44. The van der Waals surface area contributed by atoms with Crippen LogP contribution in [0.5, 0.6) is 0 Å². The van der Waals surface area contributed by atoms with E-state index in [1.165, 1.54) is 0 Å². The van der Waals surface area contributed by atoms with Crippen LogP contribution in [0, 0.1) is 11.3 Å². The van der Waals surface area contributed by atoms with Crippen LogP contribution in [0.3, 0.4) is 0 Å². The Labute approximate surface area is 132 Å². The zero-order valence-corrected chi connectivity index (χ0v) is 14.3. The summed E-state index contributed by atoms with van der Waals surface area (Å²) >= 11 is 0. The van der Waals surface area contributed by atoms with Gasteiger partial charge in [-0.15, -0.1) is 0 Å². The van der Waals surface area contributed by atoms with Gasteiger partial charge < -0.3 is 14.2 Å². The number of carbonyl (C=O) groups excluding carboxylic acids is 3. The minimum Gasteiger partial charge on any atom is -0.466 e. The second kappa shape index (κ2) is 10.2. The normalized spacial score (nSPS) is 11.2. The number of hydrogen-bond acceptors (Lipinski definition) is 6. The third-order valence-corrected chi connectivity index (χ3v) is 3.23.